The van der Waals surface area contributed by atoms with Crippen molar-refractivity contribution in [2.24, 2.45) is 0 Å². The molecular formula is C15H21N3S. The highest BCUT2D eigenvalue weighted by Gasteiger charge is 2.06. The molecule has 2 rings (SSSR count). The molecule has 4 heteroatoms. The van der Waals surface area contributed by atoms with E-state index in [2.05, 4.69) is 59.5 Å². The summed E-state index contributed by atoms with van der Waals surface area (Å²) in [6, 6.07) is 10.6. The Morgan fingerprint density at radius 2 is 2.05 bits per heavy atom. The molecule has 0 radical (unpaired) electrons. The first-order valence-electron chi connectivity index (χ1n) is 6.70. The molecule has 0 unspecified atom stereocenters. The van der Waals surface area contributed by atoms with Crippen LogP contribution in [0, 0.1) is 0 Å². The van der Waals surface area contributed by atoms with Crippen molar-refractivity contribution < 1.29 is 0 Å². The van der Waals surface area contributed by atoms with E-state index in [1.807, 2.05) is 6.20 Å². The first-order valence-corrected chi connectivity index (χ1v) is 7.51. The molecular weight excluding hydrogens is 254 g/mol. The minimum absolute atomic E-state index is 0.917. The summed E-state index contributed by atoms with van der Waals surface area (Å²) in [5, 5.41) is 4.43. The molecule has 0 fully saturated rings. The van der Waals surface area contributed by atoms with Crippen LogP contribution in [0.2, 0.25) is 0 Å². The average Bonchev–Trinajstić information content (AvgIpc) is 2.92. The van der Waals surface area contributed by atoms with Gasteiger partial charge in [-0.1, -0.05) is 37.3 Å². The summed E-state index contributed by atoms with van der Waals surface area (Å²) < 4.78 is 0. The molecule has 0 aliphatic rings. The Morgan fingerprint density at radius 1 is 1.26 bits per heavy atom. The van der Waals surface area contributed by atoms with Crippen molar-refractivity contribution in [2.75, 3.05) is 25.0 Å². The highest BCUT2D eigenvalue weighted by atomic mass is 32.1. The van der Waals surface area contributed by atoms with Crippen molar-refractivity contribution >= 4 is 16.5 Å². The summed E-state index contributed by atoms with van der Waals surface area (Å²) in [7, 11) is 2.11. The van der Waals surface area contributed by atoms with Gasteiger partial charge in [-0.05, 0) is 18.5 Å². The van der Waals surface area contributed by atoms with E-state index in [0.29, 0.717) is 0 Å². The largest absolute Gasteiger partial charge is 0.351 e. The van der Waals surface area contributed by atoms with Crippen LogP contribution >= 0.6 is 11.3 Å². The minimum Gasteiger partial charge on any atom is -0.351 e. The molecule has 0 aliphatic heterocycles. The second-order valence-electron chi connectivity index (χ2n) is 4.55. The molecule has 0 spiro atoms. The molecule has 0 saturated heterocycles. The Balaban J connectivity index is 1.85. The lowest BCUT2D eigenvalue weighted by atomic mass is 10.1. The monoisotopic (exact) mass is 275 g/mol. The van der Waals surface area contributed by atoms with Gasteiger partial charge in [-0.25, -0.2) is 4.98 Å². The molecule has 0 atom stereocenters. The maximum atomic E-state index is 4.49. The third-order valence-electron chi connectivity index (χ3n) is 3.00. The van der Waals surface area contributed by atoms with Crippen molar-refractivity contribution in [2.45, 2.75) is 19.9 Å². The van der Waals surface area contributed by atoms with Gasteiger partial charge in [0.2, 0.25) is 0 Å². The van der Waals surface area contributed by atoms with Crippen LogP contribution in [0.1, 0.15) is 17.4 Å². The van der Waals surface area contributed by atoms with Gasteiger partial charge in [0.25, 0.3) is 0 Å². The predicted molar refractivity (Wildman–Crippen MR) is 82.9 cm³/mol. The number of nitrogens with zero attached hydrogens (tertiary/aromatic N) is 2. The van der Waals surface area contributed by atoms with E-state index in [-0.39, 0.29) is 0 Å². The number of hydrogen-bond acceptors (Lipinski definition) is 4. The van der Waals surface area contributed by atoms with Crippen molar-refractivity contribution in [3.63, 3.8) is 0 Å². The number of rotatable bonds is 7. The van der Waals surface area contributed by atoms with E-state index in [0.717, 1.165) is 31.2 Å². The van der Waals surface area contributed by atoms with Crippen LogP contribution in [-0.2, 0) is 13.0 Å². The lowest BCUT2D eigenvalue weighted by molar-refractivity contribution is 0.734. The maximum absolute atomic E-state index is 4.49. The second-order valence-corrected chi connectivity index (χ2v) is 5.64. The fraction of sp³-hybridized carbons (Fsp3) is 0.400. The summed E-state index contributed by atoms with van der Waals surface area (Å²) >= 11 is 1.77. The molecule has 19 heavy (non-hydrogen) atoms. The number of nitrogens with one attached hydrogen (secondary N) is 1. The van der Waals surface area contributed by atoms with Gasteiger partial charge < -0.3 is 10.2 Å². The van der Waals surface area contributed by atoms with Gasteiger partial charge in [0.15, 0.2) is 5.13 Å². The molecule has 3 nitrogen and oxygen atoms in total. The molecule has 0 aliphatic carbocycles. The number of aromatic nitrogens is 1. The first-order chi connectivity index (χ1) is 9.29. The van der Waals surface area contributed by atoms with E-state index >= 15 is 0 Å². The zero-order chi connectivity index (χ0) is 13.5. The van der Waals surface area contributed by atoms with Gasteiger partial charge in [0.1, 0.15) is 0 Å². The second kappa shape index (κ2) is 7.26. The summed E-state index contributed by atoms with van der Waals surface area (Å²) in [6.07, 6.45) is 3.03. The highest BCUT2D eigenvalue weighted by Crippen LogP contribution is 2.21. The van der Waals surface area contributed by atoms with Gasteiger partial charge in [0, 0.05) is 31.2 Å². The van der Waals surface area contributed by atoms with Gasteiger partial charge in [-0.3, -0.25) is 0 Å². The van der Waals surface area contributed by atoms with Gasteiger partial charge in [-0.2, -0.15) is 0 Å². The normalized spacial score (nSPS) is 10.6. The third kappa shape index (κ3) is 4.33. The lowest BCUT2D eigenvalue weighted by Gasteiger charge is -2.15. The van der Waals surface area contributed by atoms with Crippen molar-refractivity contribution in [1.82, 2.24) is 10.3 Å². The Kier molecular flexibility index (Phi) is 5.36. The number of likely N-dealkylation sites (N-methyl/N-ethyl adjacent to an activating group) is 1. The number of anilines is 1. The van der Waals surface area contributed by atoms with Crippen LogP contribution in [-0.4, -0.2) is 25.1 Å². The van der Waals surface area contributed by atoms with E-state index in [1.54, 1.807) is 11.3 Å². The average molecular weight is 275 g/mol. The predicted octanol–water partition coefficient (Wildman–Crippen LogP) is 2.93. The topological polar surface area (TPSA) is 28.2 Å². The Labute approximate surface area is 119 Å². The van der Waals surface area contributed by atoms with Crippen molar-refractivity contribution in [1.29, 1.82) is 0 Å². The summed E-state index contributed by atoms with van der Waals surface area (Å²) in [6.45, 7) is 5.03. The third-order valence-corrected chi connectivity index (χ3v) is 4.11. The van der Waals surface area contributed by atoms with Crippen LogP contribution in [0.5, 0.6) is 0 Å². The quantitative estimate of drug-likeness (QED) is 0.842. The van der Waals surface area contributed by atoms with Gasteiger partial charge >= 0.3 is 0 Å². The fourth-order valence-corrected chi connectivity index (χ4v) is 2.71. The molecule has 1 heterocycles. The van der Waals surface area contributed by atoms with Crippen LogP contribution in [0.4, 0.5) is 5.13 Å². The van der Waals surface area contributed by atoms with Crippen LogP contribution in [0.3, 0.4) is 0 Å². The number of hydrogen-bond donors (Lipinski definition) is 1. The Hall–Kier alpha value is -1.39. The van der Waals surface area contributed by atoms with E-state index in [1.165, 1.54) is 10.4 Å². The van der Waals surface area contributed by atoms with E-state index in [4.69, 9.17) is 0 Å². The highest BCUT2D eigenvalue weighted by molar-refractivity contribution is 7.15. The molecule has 0 bridgehead atoms. The smallest absolute Gasteiger partial charge is 0.185 e. The van der Waals surface area contributed by atoms with Crippen molar-refractivity contribution in [3.05, 3.63) is 47.0 Å². The summed E-state index contributed by atoms with van der Waals surface area (Å²) in [5.74, 6) is 0. The Bertz CT molecular complexity index is 481. The molecule has 2 aromatic rings. The first kappa shape index (κ1) is 14.0. The van der Waals surface area contributed by atoms with Crippen LogP contribution < -0.4 is 10.2 Å². The SMILES string of the molecule is CCNCc1cnc(N(C)CCc2ccccc2)s1. The standard InChI is InChI=1S/C15H21N3S/c1-3-16-11-14-12-17-15(19-14)18(2)10-9-13-7-5-4-6-8-13/h4-8,12,16H,3,9-11H2,1-2H3. The molecule has 0 amide bonds. The number of thiazole rings is 1. The van der Waals surface area contributed by atoms with Crippen LogP contribution in [0.15, 0.2) is 36.5 Å². The van der Waals surface area contributed by atoms with Crippen molar-refractivity contribution in [3.8, 4) is 0 Å². The molecule has 1 aromatic carbocycles. The zero-order valence-corrected chi connectivity index (χ0v) is 12.4. The van der Waals surface area contributed by atoms with E-state index < -0.39 is 0 Å². The molecule has 102 valence electrons. The number of benzene rings is 1. The van der Waals surface area contributed by atoms with Crippen LogP contribution in [0.25, 0.3) is 0 Å². The van der Waals surface area contributed by atoms with E-state index in [9.17, 15) is 0 Å². The summed E-state index contributed by atoms with van der Waals surface area (Å²) in [5.41, 5.74) is 1.37. The lowest BCUT2D eigenvalue weighted by Crippen LogP contribution is -2.19. The molecule has 0 saturated carbocycles. The Morgan fingerprint density at radius 3 is 2.79 bits per heavy atom. The van der Waals surface area contributed by atoms with Gasteiger partial charge in [0.05, 0.1) is 0 Å². The zero-order valence-electron chi connectivity index (χ0n) is 11.6. The minimum atomic E-state index is 0.917. The molecule has 1 aromatic heterocycles. The molecule has 1 N–H and O–H groups in total. The summed E-state index contributed by atoms with van der Waals surface area (Å²) in [4.78, 5) is 8.01. The van der Waals surface area contributed by atoms with Gasteiger partial charge in [-0.15, -0.1) is 11.3 Å². The maximum Gasteiger partial charge on any atom is 0.185 e. The fourth-order valence-electron chi connectivity index (χ4n) is 1.84.